The molecule has 6 heteroatoms. The molecule has 0 spiro atoms. The van der Waals surface area contributed by atoms with Crippen LogP contribution in [0.4, 0.5) is 0 Å². The minimum atomic E-state index is -4.19. The largest absolute Gasteiger partial charge is 0.647 e. The fraction of sp³-hybridized carbons (Fsp3) is 0.185. The van der Waals surface area contributed by atoms with Crippen molar-refractivity contribution in [2.45, 2.75) is 33.6 Å². The van der Waals surface area contributed by atoms with Crippen LogP contribution >= 0.6 is 7.82 Å². The van der Waals surface area contributed by atoms with Crippen molar-refractivity contribution in [2.24, 2.45) is 0 Å². The predicted molar refractivity (Wildman–Crippen MR) is 131 cm³/mol. The van der Waals surface area contributed by atoms with Crippen molar-refractivity contribution in [2.75, 3.05) is 0 Å². The summed E-state index contributed by atoms with van der Waals surface area (Å²) in [5, 5.41) is 11.8. The van der Waals surface area contributed by atoms with Crippen LogP contribution in [0.15, 0.2) is 78.9 Å². The normalized spacial score (nSPS) is 11.4. The van der Waals surface area contributed by atoms with Gasteiger partial charge >= 0.3 is 7.82 Å². The van der Waals surface area contributed by atoms with Crippen LogP contribution in [-0.4, -0.2) is 5.11 Å². The lowest BCUT2D eigenvalue weighted by Gasteiger charge is -2.23. The molecule has 4 rings (SSSR count). The van der Waals surface area contributed by atoms with Gasteiger partial charge in [0, 0.05) is 10.8 Å². The summed E-state index contributed by atoms with van der Waals surface area (Å²) in [4.78, 5) is 0. The van der Waals surface area contributed by atoms with Crippen LogP contribution in [0.1, 0.15) is 30.0 Å². The van der Waals surface area contributed by atoms with Gasteiger partial charge in [0.15, 0.2) is 0 Å². The fourth-order valence-corrected chi connectivity index (χ4v) is 5.12. The quantitative estimate of drug-likeness (QED) is 0.271. The molecule has 33 heavy (non-hydrogen) atoms. The van der Waals surface area contributed by atoms with Crippen LogP contribution in [0.3, 0.4) is 0 Å². The average molecular weight is 462 g/mol. The van der Waals surface area contributed by atoms with Crippen LogP contribution in [0.25, 0.3) is 10.8 Å². The van der Waals surface area contributed by atoms with E-state index in [4.69, 9.17) is 13.6 Å². The SMILES string of the molecule is CCCc1cc(O)c2ccccc2c1OP(=O)(Oc1ccccc1C)Oc1ccccc1C. The molecular formula is C27H27O5P. The minimum absolute atomic E-state index is 0.149. The molecule has 0 fully saturated rings. The second-order valence-electron chi connectivity index (χ2n) is 7.93. The summed E-state index contributed by atoms with van der Waals surface area (Å²) in [5.74, 6) is 1.36. The maximum atomic E-state index is 14.2. The van der Waals surface area contributed by atoms with Crippen LogP contribution < -0.4 is 13.6 Å². The van der Waals surface area contributed by atoms with Crippen molar-refractivity contribution in [3.8, 4) is 23.0 Å². The molecule has 0 bridgehead atoms. The molecule has 0 aromatic heterocycles. The molecule has 0 unspecified atom stereocenters. The van der Waals surface area contributed by atoms with Gasteiger partial charge in [0.1, 0.15) is 23.0 Å². The average Bonchev–Trinajstić information content (AvgIpc) is 2.80. The topological polar surface area (TPSA) is 65.0 Å². The second-order valence-corrected chi connectivity index (χ2v) is 9.37. The van der Waals surface area contributed by atoms with E-state index >= 15 is 0 Å². The Balaban J connectivity index is 1.85. The highest BCUT2D eigenvalue weighted by Crippen LogP contribution is 2.53. The fourth-order valence-electron chi connectivity index (χ4n) is 3.67. The number of phosphoric ester groups is 1. The van der Waals surface area contributed by atoms with Gasteiger partial charge in [-0.25, -0.2) is 0 Å². The standard InChI is InChI=1S/C27H27O5P/c1-4-11-21-18-24(28)22-14-7-8-15-23(22)27(21)32-33(29,30-25-16-9-5-12-19(25)2)31-26-17-10-6-13-20(26)3/h5-10,12-18,28H,4,11H2,1-3H3. The van der Waals surface area contributed by atoms with Gasteiger partial charge in [0.25, 0.3) is 0 Å². The van der Waals surface area contributed by atoms with Crippen molar-refractivity contribution in [3.63, 3.8) is 0 Å². The number of hydrogen-bond donors (Lipinski definition) is 1. The molecule has 0 saturated carbocycles. The molecule has 1 N–H and O–H groups in total. The third kappa shape index (κ3) is 4.99. The Morgan fingerprint density at radius 3 is 1.82 bits per heavy atom. The molecule has 0 aliphatic heterocycles. The lowest BCUT2D eigenvalue weighted by Crippen LogP contribution is -2.10. The number of hydrogen-bond acceptors (Lipinski definition) is 5. The maximum Gasteiger partial charge on any atom is 0.647 e. The maximum absolute atomic E-state index is 14.2. The Labute approximate surface area is 194 Å². The highest BCUT2D eigenvalue weighted by molar-refractivity contribution is 7.49. The van der Waals surface area contributed by atoms with E-state index in [1.54, 1.807) is 36.4 Å². The molecule has 0 aliphatic carbocycles. The highest BCUT2D eigenvalue weighted by Gasteiger charge is 2.36. The van der Waals surface area contributed by atoms with E-state index in [0.717, 1.165) is 23.1 Å². The number of benzene rings is 4. The van der Waals surface area contributed by atoms with E-state index in [-0.39, 0.29) is 5.75 Å². The van der Waals surface area contributed by atoms with Gasteiger partial charge in [0.05, 0.1) is 0 Å². The first kappa shape index (κ1) is 22.8. The van der Waals surface area contributed by atoms with Crippen molar-refractivity contribution in [1.29, 1.82) is 0 Å². The number of phenolic OH excluding ortho intramolecular Hbond substituents is 1. The molecule has 4 aromatic rings. The molecule has 170 valence electrons. The van der Waals surface area contributed by atoms with Crippen molar-refractivity contribution >= 4 is 18.6 Å². The number of aromatic hydroxyl groups is 1. The van der Waals surface area contributed by atoms with Gasteiger partial charge in [-0.15, -0.1) is 0 Å². The van der Waals surface area contributed by atoms with Crippen LogP contribution in [0, 0.1) is 13.8 Å². The molecule has 0 amide bonds. The van der Waals surface area contributed by atoms with Crippen LogP contribution in [0.5, 0.6) is 23.0 Å². The minimum Gasteiger partial charge on any atom is -0.507 e. The summed E-state index contributed by atoms with van der Waals surface area (Å²) in [6.45, 7) is 5.76. The summed E-state index contributed by atoms with van der Waals surface area (Å²) < 4.78 is 32.3. The van der Waals surface area contributed by atoms with E-state index < -0.39 is 7.82 Å². The molecular weight excluding hydrogens is 435 g/mol. The number of aryl methyl sites for hydroxylation is 3. The number of para-hydroxylation sites is 2. The van der Waals surface area contributed by atoms with Crippen molar-refractivity contribution < 1.29 is 23.2 Å². The smallest absolute Gasteiger partial charge is 0.507 e. The molecule has 0 heterocycles. The molecule has 5 nitrogen and oxygen atoms in total. The molecule has 0 saturated heterocycles. The van der Waals surface area contributed by atoms with E-state index in [1.165, 1.54) is 0 Å². The third-order valence-corrected chi connectivity index (χ3v) is 6.63. The molecule has 0 aliphatic rings. The zero-order valence-electron chi connectivity index (χ0n) is 18.9. The molecule has 4 aromatic carbocycles. The van der Waals surface area contributed by atoms with Crippen LogP contribution in [0.2, 0.25) is 0 Å². The Kier molecular flexibility index (Phi) is 6.62. The lowest BCUT2D eigenvalue weighted by molar-refractivity contribution is 0.297. The van der Waals surface area contributed by atoms with E-state index in [9.17, 15) is 9.67 Å². The monoisotopic (exact) mass is 462 g/mol. The zero-order valence-corrected chi connectivity index (χ0v) is 19.8. The van der Waals surface area contributed by atoms with Gasteiger partial charge in [-0.05, 0) is 55.2 Å². The first-order valence-corrected chi connectivity index (χ1v) is 12.4. The number of phosphoric acid groups is 1. The first-order chi connectivity index (χ1) is 15.9. The first-order valence-electron chi connectivity index (χ1n) is 10.9. The highest BCUT2D eigenvalue weighted by atomic mass is 31.2. The van der Waals surface area contributed by atoms with Gasteiger partial charge in [-0.3, -0.25) is 0 Å². The lowest BCUT2D eigenvalue weighted by atomic mass is 10.0. The zero-order chi connectivity index (χ0) is 23.4. The van der Waals surface area contributed by atoms with Crippen molar-refractivity contribution in [1.82, 2.24) is 0 Å². The van der Waals surface area contributed by atoms with Gasteiger partial charge in [-0.1, -0.05) is 74.0 Å². The van der Waals surface area contributed by atoms with E-state index in [1.807, 2.05) is 63.2 Å². The Morgan fingerprint density at radius 1 is 0.758 bits per heavy atom. The summed E-state index contributed by atoms with van der Waals surface area (Å²) >= 11 is 0. The molecule has 0 atom stereocenters. The van der Waals surface area contributed by atoms with Gasteiger partial charge in [0.2, 0.25) is 0 Å². The number of fused-ring (bicyclic) bond motifs is 1. The summed E-state index contributed by atoms with van der Waals surface area (Å²) in [5.41, 5.74) is 2.34. The van der Waals surface area contributed by atoms with Crippen LogP contribution in [-0.2, 0) is 11.0 Å². The van der Waals surface area contributed by atoms with E-state index in [0.29, 0.717) is 34.4 Å². The summed E-state index contributed by atoms with van der Waals surface area (Å²) in [6, 6.07) is 23.5. The predicted octanol–water partition coefficient (Wildman–Crippen LogP) is 7.76. The molecule has 0 radical (unpaired) electrons. The Hall–Kier alpha value is -3.43. The van der Waals surface area contributed by atoms with Crippen molar-refractivity contribution in [3.05, 3.63) is 95.6 Å². The number of rotatable bonds is 8. The summed E-state index contributed by atoms with van der Waals surface area (Å²) in [6.07, 6.45) is 1.44. The van der Waals surface area contributed by atoms with E-state index in [2.05, 4.69) is 0 Å². The summed E-state index contributed by atoms with van der Waals surface area (Å²) in [7, 11) is -4.19. The Morgan fingerprint density at radius 2 is 1.27 bits per heavy atom. The van der Waals surface area contributed by atoms with Gasteiger partial charge < -0.3 is 18.7 Å². The van der Waals surface area contributed by atoms with Gasteiger partial charge in [-0.2, -0.15) is 4.57 Å². The number of phenols is 1. The Bertz CT molecular complexity index is 1280. The third-order valence-electron chi connectivity index (χ3n) is 5.38. The second kappa shape index (κ2) is 9.60.